The summed E-state index contributed by atoms with van der Waals surface area (Å²) < 4.78 is 24.4. The maximum atomic E-state index is 13.3. The zero-order valence-electron chi connectivity index (χ0n) is 27.4. The number of ether oxygens (including phenoxy) is 2. The molecule has 10 heteroatoms. The van der Waals surface area contributed by atoms with E-state index in [1.807, 2.05) is 45.0 Å². The van der Waals surface area contributed by atoms with Crippen LogP contribution in [0, 0.1) is 34.0 Å². The van der Waals surface area contributed by atoms with Crippen LogP contribution in [0.15, 0.2) is 35.9 Å². The number of carbonyl (C=O) groups is 2. The van der Waals surface area contributed by atoms with E-state index in [-0.39, 0.29) is 41.1 Å². The molecule has 2 amide bonds. The number of hydrogen-bond donors (Lipinski definition) is 1. The minimum Gasteiger partial charge on any atom is -0.497 e. The summed E-state index contributed by atoms with van der Waals surface area (Å²) in [6.07, 6.45) is 6.18. The van der Waals surface area contributed by atoms with Crippen LogP contribution in [0.2, 0.25) is 0 Å². The fraction of sp³-hybridized carbons (Fsp3) is 0.676. The number of benzene rings is 1. The summed E-state index contributed by atoms with van der Waals surface area (Å²) in [6, 6.07) is 9.54. The molecular formula is C34H48BN3O6. The molecule has 2 heterocycles. The number of carbonyl (C=O) groups excluding carboxylic acids is 2. The first-order chi connectivity index (χ1) is 20.7. The molecule has 238 valence electrons. The Morgan fingerprint density at radius 2 is 1.93 bits per heavy atom. The fourth-order valence-corrected chi connectivity index (χ4v) is 7.84. The van der Waals surface area contributed by atoms with Gasteiger partial charge in [0.15, 0.2) is 0 Å². The molecule has 1 aromatic rings. The van der Waals surface area contributed by atoms with Crippen LogP contribution in [0.5, 0.6) is 5.75 Å². The standard InChI is InChI=1S/C34H48BN3O6/c1-32(2,3)19-23(20-36)30(39)38-15-9-8-10-25(38)21-42-31(40)37-29(16-22-11-13-26(41-7)14-12-22)35-43-28-18-24-17-27(33(24,4)5)34(28,6)44-35/h11-14,19,24-25,27-29H,8-10,15-18,21H2,1-7H3,(H,37,40)/t24-,25+,27-,28+,29?,34-/m0/s1. The minimum atomic E-state index is -0.622. The third kappa shape index (κ3) is 6.50. The minimum absolute atomic E-state index is 0.0160. The van der Waals surface area contributed by atoms with Crippen molar-refractivity contribution in [3.8, 4) is 11.8 Å². The number of nitriles is 1. The Kier molecular flexibility index (Phi) is 9.12. The fourth-order valence-electron chi connectivity index (χ4n) is 7.84. The molecular weight excluding hydrogens is 557 g/mol. The van der Waals surface area contributed by atoms with Crippen molar-refractivity contribution >= 4 is 19.1 Å². The molecule has 44 heavy (non-hydrogen) atoms. The second-order valence-corrected chi connectivity index (χ2v) is 14.9. The molecule has 3 aliphatic carbocycles. The summed E-state index contributed by atoms with van der Waals surface area (Å²) in [5.41, 5.74) is 0.620. The predicted molar refractivity (Wildman–Crippen MR) is 168 cm³/mol. The van der Waals surface area contributed by atoms with Gasteiger partial charge in [0, 0.05) is 6.54 Å². The summed E-state index contributed by atoms with van der Waals surface area (Å²) in [4.78, 5) is 28.4. The van der Waals surface area contributed by atoms with Crippen molar-refractivity contribution < 1.29 is 28.4 Å². The molecule has 6 atom stereocenters. The molecule has 2 aliphatic heterocycles. The summed E-state index contributed by atoms with van der Waals surface area (Å²) in [6.45, 7) is 13.3. The van der Waals surface area contributed by atoms with E-state index in [0.29, 0.717) is 31.2 Å². The topological polar surface area (TPSA) is 110 Å². The Bertz CT molecular complexity index is 1300. The Balaban J connectivity index is 1.27. The van der Waals surface area contributed by atoms with Crippen LogP contribution in [0.3, 0.4) is 0 Å². The molecule has 5 aliphatic rings. The van der Waals surface area contributed by atoms with Gasteiger partial charge < -0.3 is 29.0 Å². The van der Waals surface area contributed by atoms with Gasteiger partial charge in [-0.05, 0) is 85.8 Å². The van der Waals surface area contributed by atoms with Gasteiger partial charge in [0.1, 0.15) is 24.0 Å². The molecule has 9 nitrogen and oxygen atoms in total. The van der Waals surface area contributed by atoms with E-state index in [1.54, 1.807) is 18.1 Å². The van der Waals surface area contributed by atoms with Crippen molar-refractivity contribution in [3.05, 3.63) is 41.5 Å². The molecule has 6 rings (SSSR count). The van der Waals surface area contributed by atoms with Crippen molar-refractivity contribution in [2.75, 3.05) is 20.3 Å². The van der Waals surface area contributed by atoms with Gasteiger partial charge in [0.05, 0.1) is 30.8 Å². The Hall–Kier alpha value is -3.03. The van der Waals surface area contributed by atoms with E-state index in [1.165, 1.54) is 0 Å². The van der Waals surface area contributed by atoms with Crippen LogP contribution in [-0.2, 0) is 25.3 Å². The quantitative estimate of drug-likeness (QED) is 0.238. The molecule has 5 fully saturated rings. The van der Waals surface area contributed by atoms with Crippen LogP contribution >= 0.6 is 0 Å². The highest BCUT2D eigenvalue weighted by Crippen LogP contribution is 2.65. The third-order valence-electron chi connectivity index (χ3n) is 10.4. The van der Waals surface area contributed by atoms with Gasteiger partial charge in [0.25, 0.3) is 5.91 Å². The van der Waals surface area contributed by atoms with Gasteiger partial charge >= 0.3 is 13.2 Å². The lowest BCUT2D eigenvalue weighted by Crippen LogP contribution is -2.65. The van der Waals surface area contributed by atoms with Crippen LogP contribution in [0.1, 0.15) is 79.2 Å². The van der Waals surface area contributed by atoms with Crippen LogP contribution in [-0.4, -0.2) is 68.0 Å². The predicted octanol–water partition coefficient (Wildman–Crippen LogP) is 5.48. The number of alkyl carbamates (subject to hydrolysis) is 1. The van der Waals surface area contributed by atoms with Gasteiger partial charge in [-0.25, -0.2) is 4.79 Å². The van der Waals surface area contributed by atoms with Crippen molar-refractivity contribution in [1.82, 2.24) is 10.2 Å². The van der Waals surface area contributed by atoms with Crippen LogP contribution in [0.4, 0.5) is 4.79 Å². The number of rotatable bonds is 8. The van der Waals surface area contributed by atoms with Gasteiger partial charge in [-0.3, -0.25) is 4.79 Å². The van der Waals surface area contributed by atoms with Crippen molar-refractivity contribution in [3.63, 3.8) is 0 Å². The first-order valence-corrected chi connectivity index (χ1v) is 16.1. The van der Waals surface area contributed by atoms with Crippen molar-refractivity contribution in [1.29, 1.82) is 5.26 Å². The molecule has 1 N–H and O–H groups in total. The Labute approximate surface area is 262 Å². The van der Waals surface area contributed by atoms with Crippen LogP contribution in [0.25, 0.3) is 0 Å². The zero-order chi connectivity index (χ0) is 31.9. The average Bonchev–Trinajstić information content (AvgIpc) is 3.35. The van der Waals surface area contributed by atoms with Gasteiger partial charge in [0.2, 0.25) is 0 Å². The monoisotopic (exact) mass is 605 g/mol. The van der Waals surface area contributed by atoms with Crippen molar-refractivity contribution in [2.45, 2.75) is 104 Å². The highest BCUT2D eigenvalue weighted by Gasteiger charge is 2.68. The summed E-state index contributed by atoms with van der Waals surface area (Å²) in [5.74, 6) is 0.987. The molecule has 2 saturated heterocycles. The number of nitrogens with zero attached hydrogens (tertiary/aromatic N) is 2. The lowest BCUT2D eigenvalue weighted by atomic mass is 9.43. The maximum Gasteiger partial charge on any atom is 0.482 e. The number of nitrogens with one attached hydrogen (secondary N) is 1. The second-order valence-electron chi connectivity index (χ2n) is 14.9. The highest BCUT2D eigenvalue weighted by molar-refractivity contribution is 6.47. The zero-order valence-corrected chi connectivity index (χ0v) is 27.4. The molecule has 1 aromatic carbocycles. The van der Waals surface area contributed by atoms with E-state index >= 15 is 0 Å². The molecule has 1 unspecified atom stereocenters. The SMILES string of the molecule is COc1ccc(CC(NC(=O)OC[C@H]2CCCCN2C(=O)C(C#N)=CC(C)(C)C)B2O[C@@H]3C[C@@H]4C[C@@H](C4(C)C)[C@]3(C)O2)cc1. The maximum absolute atomic E-state index is 13.3. The lowest BCUT2D eigenvalue weighted by Gasteiger charge is -2.64. The number of amides is 2. The Morgan fingerprint density at radius 1 is 1.20 bits per heavy atom. The second kappa shape index (κ2) is 12.4. The first-order valence-electron chi connectivity index (χ1n) is 16.1. The van der Waals surface area contributed by atoms with Gasteiger partial charge in [-0.2, -0.15) is 5.26 Å². The van der Waals surface area contributed by atoms with E-state index in [4.69, 9.17) is 18.8 Å². The Morgan fingerprint density at radius 3 is 2.57 bits per heavy atom. The number of allylic oxidation sites excluding steroid dienone is 1. The van der Waals surface area contributed by atoms with Crippen molar-refractivity contribution in [2.24, 2.45) is 22.7 Å². The largest absolute Gasteiger partial charge is 0.497 e. The number of methoxy groups -OCH3 is 1. The van der Waals surface area contributed by atoms with Gasteiger partial charge in [-0.15, -0.1) is 0 Å². The summed E-state index contributed by atoms with van der Waals surface area (Å²) >= 11 is 0. The lowest BCUT2D eigenvalue weighted by molar-refractivity contribution is -0.199. The van der Waals surface area contributed by atoms with E-state index in [0.717, 1.165) is 37.0 Å². The third-order valence-corrected chi connectivity index (χ3v) is 10.4. The summed E-state index contributed by atoms with van der Waals surface area (Å²) in [5, 5.41) is 12.8. The van der Waals surface area contributed by atoms with E-state index < -0.39 is 24.8 Å². The van der Waals surface area contributed by atoms with Gasteiger partial charge in [-0.1, -0.05) is 52.8 Å². The molecule has 0 radical (unpaired) electrons. The number of likely N-dealkylation sites (tertiary alicyclic amines) is 1. The first kappa shape index (κ1) is 32.4. The summed E-state index contributed by atoms with van der Waals surface area (Å²) in [7, 11) is 1.01. The van der Waals surface area contributed by atoms with Crippen LogP contribution < -0.4 is 10.1 Å². The van der Waals surface area contributed by atoms with E-state index in [9.17, 15) is 14.9 Å². The number of hydrogen-bond acceptors (Lipinski definition) is 7. The average molecular weight is 606 g/mol. The van der Waals surface area contributed by atoms with E-state index in [2.05, 4.69) is 32.2 Å². The molecule has 0 spiro atoms. The normalized spacial score (nSPS) is 30.0. The highest BCUT2D eigenvalue weighted by atomic mass is 16.7. The molecule has 0 aromatic heterocycles. The number of piperidine rings is 1. The molecule has 2 bridgehead atoms. The molecule has 3 saturated carbocycles. The smallest absolute Gasteiger partial charge is 0.482 e.